The second-order valence-electron chi connectivity index (χ2n) is 2.70. The highest BCUT2D eigenvalue weighted by Crippen LogP contribution is 2.13. The minimum absolute atomic E-state index is 0.113. The Morgan fingerprint density at radius 3 is 3.13 bits per heavy atom. The molecule has 2 aromatic rings. The van der Waals surface area contributed by atoms with Gasteiger partial charge in [0.25, 0.3) is 0 Å². The highest BCUT2D eigenvalue weighted by atomic mass is 16.4. The fraction of sp³-hybridized carbons (Fsp3) is 0.111. The molecule has 6 nitrogen and oxygen atoms in total. The van der Waals surface area contributed by atoms with Crippen LogP contribution in [0, 0.1) is 11.3 Å². The number of pyridine rings is 1. The lowest BCUT2D eigenvalue weighted by atomic mass is 10.4. The van der Waals surface area contributed by atoms with E-state index in [-0.39, 0.29) is 12.4 Å². The quantitative estimate of drug-likeness (QED) is 0.804. The number of nitrogens with one attached hydrogen (secondary N) is 1. The zero-order chi connectivity index (χ0) is 10.5. The summed E-state index contributed by atoms with van der Waals surface area (Å²) in [5.74, 6) is 0.295. The largest absolute Gasteiger partial charge is 0.407 e. The fourth-order valence-corrected chi connectivity index (χ4v) is 1.00. The molecule has 6 heteroatoms. The molecular weight excluding hydrogens is 194 g/mol. The van der Waals surface area contributed by atoms with E-state index in [1.54, 1.807) is 18.5 Å². The lowest BCUT2D eigenvalue weighted by Gasteiger charge is -1.97. The van der Waals surface area contributed by atoms with Crippen molar-refractivity contribution in [3.05, 3.63) is 30.4 Å². The fourth-order valence-electron chi connectivity index (χ4n) is 1.00. The van der Waals surface area contributed by atoms with Crippen molar-refractivity contribution >= 4 is 11.7 Å². The predicted molar refractivity (Wildman–Crippen MR) is 51.1 cm³/mol. The van der Waals surface area contributed by atoms with Crippen molar-refractivity contribution in [3.63, 3.8) is 0 Å². The first-order valence-corrected chi connectivity index (χ1v) is 4.25. The van der Waals surface area contributed by atoms with Gasteiger partial charge in [-0.05, 0) is 12.1 Å². The second kappa shape index (κ2) is 4.19. The first-order chi connectivity index (χ1) is 7.38. The van der Waals surface area contributed by atoms with E-state index < -0.39 is 0 Å². The number of aromatic nitrogens is 3. The smallest absolute Gasteiger partial charge is 0.320 e. The van der Waals surface area contributed by atoms with Crippen molar-refractivity contribution in [3.8, 4) is 6.07 Å². The third kappa shape index (κ3) is 2.28. The monoisotopic (exact) mass is 201 g/mol. The maximum Gasteiger partial charge on any atom is 0.320 e. The van der Waals surface area contributed by atoms with Crippen LogP contribution in [0.15, 0.2) is 28.9 Å². The molecule has 0 aromatic carbocycles. The van der Waals surface area contributed by atoms with Crippen LogP contribution >= 0.6 is 0 Å². The Morgan fingerprint density at radius 2 is 2.40 bits per heavy atom. The predicted octanol–water partition coefficient (Wildman–Crippen LogP) is 1.27. The van der Waals surface area contributed by atoms with E-state index in [1.165, 1.54) is 0 Å². The van der Waals surface area contributed by atoms with Crippen LogP contribution in [0.25, 0.3) is 0 Å². The van der Waals surface area contributed by atoms with Gasteiger partial charge in [0.2, 0.25) is 5.89 Å². The van der Waals surface area contributed by atoms with Gasteiger partial charge in [0.05, 0.1) is 18.0 Å². The number of hydrogen-bond donors (Lipinski definition) is 1. The van der Waals surface area contributed by atoms with E-state index in [9.17, 15) is 0 Å². The Bertz CT molecular complexity index is 473. The topological polar surface area (TPSA) is 87.6 Å². The van der Waals surface area contributed by atoms with E-state index in [0.717, 1.165) is 5.69 Å². The van der Waals surface area contributed by atoms with Crippen LogP contribution in [0.4, 0.5) is 11.7 Å². The zero-order valence-electron chi connectivity index (χ0n) is 7.71. The van der Waals surface area contributed by atoms with Crippen LogP contribution in [-0.4, -0.2) is 15.2 Å². The summed E-state index contributed by atoms with van der Waals surface area (Å²) in [5.41, 5.74) is 0.754. The van der Waals surface area contributed by atoms with Crippen molar-refractivity contribution in [1.29, 1.82) is 5.26 Å². The maximum absolute atomic E-state index is 8.41. The van der Waals surface area contributed by atoms with Crippen molar-refractivity contribution in [2.75, 3.05) is 5.32 Å². The van der Waals surface area contributed by atoms with E-state index in [2.05, 4.69) is 20.5 Å². The first-order valence-electron chi connectivity index (χ1n) is 4.25. The van der Waals surface area contributed by atoms with Crippen molar-refractivity contribution < 1.29 is 4.42 Å². The van der Waals surface area contributed by atoms with Crippen molar-refractivity contribution in [1.82, 2.24) is 15.2 Å². The summed E-state index contributed by atoms with van der Waals surface area (Å²) in [7, 11) is 0. The lowest BCUT2D eigenvalue weighted by molar-refractivity contribution is 0.524. The van der Waals surface area contributed by atoms with Gasteiger partial charge < -0.3 is 9.73 Å². The third-order valence-electron chi connectivity index (χ3n) is 1.61. The standard InChI is InChI=1S/C9H7N5O/c10-4-3-8-13-14-9(15-8)12-7-2-1-5-11-6-7/h1-2,5-6H,3H2,(H,12,14). The summed E-state index contributed by atoms with van der Waals surface area (Å²) in [6.45, 7) is 0. The molecule has 0 aliphatic rings. The number of nitrogens with zero attached hydrogens (tertiary/aromatic N) is 4. The Hall–Kier alpha value is -2.42. The minimum Gasteiger partial charge on any atom is -0.407 e. The van der Waals surface area contributed by atoms with Crippen LogP contribution in [0.3, 0.4) is 0 Å². The van der Waals surface area contributed by atoms with Gasteiger partial charge in [-0.25, -0.2) is 0 Å². The van der Waals surface area contributed by atoms with Gasteiger partial charge in [-0.15, -0.1) is 5.10 Å². The second-order valence-corrected chi connectivity index (χ2v) is 2.70. The van der Waals surface area contributed by atoms with E-state index in [4.69, 9.17) is 9.68 Å². The Labute approximate surface area is 85.6 Å². The SMILES string of the molecule is N#CCc1nnc(Nc2cccnc2)o1. The number of hydrogen-bond acceptors (Lipinski definition) is 6. The number of nitriles is 1. The van der Waals surface area contributed by atoms with Crippen LogP contribution in [-0.2, 0) is 6.42 Å². The number of anilines is 2. The van der Waals surface area contributed by atoms with Crippen LogP contribution < -0.4 is 5.32 Å². The summed E-state index contributed by atoms with van der Waals surface area (Å²) >= 11 is 0. The van der Waals surface area contributed by atoms with Crippen LogP contribution in [0.1, 0.15) is 5.89 Å². The Kier molecular flexibility index (Phi) is 2.56. The molecule has 1 N–H and O–H groups in total. The first kappa shape index (κ1) is 9.15. The molecular formula is C9H7N5O. The van der Waals surface area contributed by atoms with Gasteiger partial charge in [0.1, 0.15) is 6.42 Å². The molecule has 74 valence electrons. The van der Waals surface area contributed by atoms with Crippen LogP contribution in [0.5, 0.6) is 0 Å². The molecule has 0 atom stereocenters. The molecule has 2 aromatic heterocycles. The molecule has 0 aliphatic carbocycles. The minimum atomic E-state index is 0.113. The van der Waals surface area contributed by atoms with Crippen LogP contribution in [0.2, 0.25) is 0 Å². The average molecular weight is 201 g/mol. The summed E-state index contributed by atoms with van der Waals surface area (Å²) < 4.78 is 5.14. The van der Waals surface area contributed by atoms with Gasteiger partial charge in [-0.2, -0.15) is 5.26 Å². The van der Waals surface area contributed by atoms with E-state index >= 15 is 0 Å². The van der Waals surface area contributed by atoms with Gasteiger partial charge in [0, 0.05) is 6.20 Å². The van der Waals surface area contributed by atoms with E-state index in [1.807, 2.05) is 12.1 Å². The van der Waals surface area contributed by atoms with Gasteiger partial charge in [0.15, 0.2) is 0 Å². The van der Waals surface area contributed by atoms with Gasteiger partial charge >= 0.3 is 6.01 Å². The molecule has 0 radical (unpaired) electrons. The zero-order valence-corrected chi connectivity index (χ0v) is 7.71. The molecule has 0 spiro atoms. The van der Waals surface area contributed by atoms with Crippen molar-refractivity contribution in [2.45, 2.75) is 6.42 Å². The van der Waals surface area contributed by atoms with E-state index in [0.29, 0.717) is 5.89 Å². The molecule has 0 bridgehead atoms. The molecule has 2 rings (SSSR count). The highest BCUT2D eigenvalue weighted by molar-refractivity contribution is 5.49. The molecule has 0 saturated carbocycles. The average Bonchev–Trinajstić information content (AvgIpc) is 2.68. The van der Waals surface area contributed by atoms with Gasteiger partial charge in [-0.3, -0.25) is 4.98 Å². The summed E-state index contributed by atoms with van der Waals surface area (Å²) in [6.07, 6.45) is 3.41. The summed E-state index contributed by atoms with van der Waals surface area (Å²) in [5, 5.41) is 18.7. The molecule has 15 heavy (non-hydrogen) atoms. The molecule has 0 amide bonds. The molecule has 2 heterocycles. The molecule has 0 saturated heterocycles. The normalized spacial score (nSPS) is 9.53. The summed E-state index contributed by atoms with van der Waals surface area (Å²) in [6, 6.07) is 5.79. The van der Waals surface area contributed by atoms with Gasteiger partial charge in [-0.1, -0.05) is 5.10 Å². The molecule has 0 aliphatic heterocycles. The maximum atomic E-state index is 8.41. The Balaban J connectivity index is 2.09. The third-order valence-corrected chi connectivity index (χ3v) is 1.61. The molecule has 0 fully saturated rings. The molecule has 0 unspecified atom stereocenters. The Morgan fingerprint density at radius 1 is 1.47 bits per heavy atom. The number of rotatable bonds is 3. The highest BCUT2D eigenvalue weighted by Gasteiger charge is 2.04. The van der Waals surface area contributed by atoms with Crippen molar-refractivity contribution in [2.24, 2.45) is 0 Å². The summed E-state index contributed by atoms with van der Waals surface area (Å²) in [4.78, 5) is 3.92. The lowest BCUT2D eigenvalue weighted by Crippen LogP contribution is -1.90.